The normalized spacial score (nSPS) is 14.8. The molecular formula is C23H26N4O3. The van der Waals surface area contributed by atoms with Crippen molar-refractivity contribution in [3.63, 3.8) is 0 Å². The molecule has 0 spiro atoms. The van der Waals surface area contributed by atoms with Crippen LogP contribution in [0.15, 0.2) is 40.9 Å². The molecular weight excluding hydrogens is 380 g/mol. The molecule has 0 aliphatic carbocycles. The van der Waals surface area contributed by atoms with Crippen LogP contribution in [-0.2, 0) is 11.2 Å². The molecule has 1 aromatic heterocycles. The molecule has 1 aliphatic heterocycles. The van der Waals surface area contributed by atoms with Gasteiger partial charge in [-0.3, -0.25) is 9.59 Å². The van der Waals surface area contributed by atoms with E-state index in [1.165, 1.54) is 0 Å². The standard InChI is InChI=1S/C23H26N4O3/c1-15-12-16(2)22-19(25-30-20(22)13-15)14-21(28)24-18-6-4-17(5-7-18)23(29)27-10-8-26(3)9-11-27/h4-7,12-13H,8-11,14H2,1-3H3,(H,24,28). The lowest BCUT2D eigenvalue weighted by Crippen LogP contribution is -2.47. The first kappa shape index (κ1) is 20.1. The van der Waals surface area contributed by atoms with Crippen molar-refractivity contribution in [3.8, 4) is 0 Å². The third kappa shape index (κ3) is 4.21. The number of hydrogen-bond donors (Lipinski definition) is 1. The Morgan fingerprint density at radius 2 is 1.77 bits per heavy atom. The Balaban J connectivity index is 1.40. The van der Waals surface area contributed by atoms with Crippen molar-refractivity contribution in [2.24, 2.45) is 0 Å². The van der Waals surface area contributed by atoms with Gasteiger partial charge in [-0.05, 0) is 62.4 Å². The quantitative estimate of drug-likeness (QED) is 0.721. The van der Waals surface area contributed by atoms with Gasteiger partial charge in [0.2, 0.25) is 5.91 Å². The second-order valence-corrected chi connectivity index (χ2v) is 7.98. The van der Waals surface area contributed by atoms with E-state index in [0.29, 0.717) is 22.5 Å². The van der Waals surface area contributed by atoms with Gasteiger partial charge in [0.15, 0.2) is 5.58 Å². The van der Waals surface area contributed by atoms with E-state index in [1.54, 1.807) is 24.3 Å². The first-order chi connectivity index (χ1) is 14.4. The number of carbonyl (C=O) groups excluding carboxylic acids is 2. The largest absolute Gasteiger partial charge is 0.356 e. The van der Waals surface area contributed by atoms with Crippen LogP contribution in [-0.4, -0.2) is 60.0 Å². The van der Waals surface area contributed by atoms with E-state index < -0.39 is 0 Å². The number of aryl methyl sites for hydroxylation is 2. The molecule has 0 radical (unpaired) electrons. The number of likely N-dealkylation sites (N-methyl/N-ethyl adjacent to an activating group) is 1. The van der Waals surface area contributed by atoms with Gasteiger partial charge in [0.1, 0.15) is 5.69 Å². The van der Waals surface area contributed by atoms with Crippen LogP contribution in [0.5, 0.6) is 0 Å². The number of anilines is 1. The fourth-order valence-electron chi connectivity index (χ4n) is 3.89. The summed E-state index contributed by atoms with van der Waals surface area (Å²) in [5, 5.41) is 7.85. The Hall–Kier alpha value is -3.19. The minimum atomic E-state index is -0.177. The van der Waals surface area contributed by atoms with E-state index in [9.17, 15) is 9.59 Å². The Morgan fingerprint density at radius 3 is 2.47 bits per heavy atom. The Morgan fingerprint density at radius 1 is 1.07 bits per heavy atom. The molecule has 0 saturated carbocycles. The van der Waals surface area contributed by atoms with Crippen LogP contribution >= 0.6 is 0 Å². The Labute approximate surface area is 175 Å². The predicted molar refractivity (Wildman–Crippen MR) is 116 cm³/mol. The highest BCUT2D eigenvalue weighted by atomic mass is 16.5. The maximum Gasteiger partial charge on any atom is 0.253 e. The van der Waals surface area contributed by atoms with Gasteiger partial charge in [0, 0.05) is 42.8 Å². The molecule has 0 bridgehead atoms. The molecule has 4 rings (SSSR count). The van der Waals surface area contributed by atoms with E-state index >= 15 is 0 Å². The van der Waals surface area contributed by atoms with Crippen molar-refractivity contribution in [2.45, 2.75) is 20.3 Å². The first-order valence-electron chi connectivity index (χ1n) is 10.1. The summed E-state index contributed by atoms with van der Waals surface area (Å²) < 4.78 is 5.39. The number of fused-ring (bicyclic) bond motifs is 1. The average Bonchev–Trinajstić information content (AvgIpc) is 3.11. The third-order valence-corrected chi connectivity index (χ3v) is 5.52. The van der Waals surface area contributed by atoms with Gasteiger partial charge in [-0.15, -0.1) is 0 Å². The van der Waals surface area contributed by atoms with Crippen molar-refractivity contribution >= 4 is 28.5 Å². The lowest BCUT2D eigenvalue weighted by atomic mass is 10.0. The molecule has 3 aromatic rings. The molecule has 2 amide bonds. The van der Waals surface area contributed by atoms with Crippen molar-refractivity contribution in [2.75, 3.05) is 38.5 Å². The van der Waals surface area contributed by atoms with Crippen LogP contribution in [0.2, 0.25) is 0 Å². The molecule has 7 nitrogen and oxygen atoms in total. The maximum atomic E-state index is 12.6. The van der Waals surface area contributed by atoms with Gasteiger partial charge < -0.3 is 19.6 Å². The fraction of sp³-hybridized carbons (Fsp3) is 0.348. The molecule has 0 unspecified atom stereocenters. The molecule has 1 N–H and O–H groups in total. The second-order valence-electron chi connectivity index (χ2n) is 7.98. The minimum Gasteiger partial charge on any atom is -0.356 e. The van der Waals surface area contributed by atoms with Crippen molar-refractivity contribution in [3.05, 3.63) is 58.8 Å². The van der Waals surface area contributed by atoms with Crippen LogP contribution in [0, 0.1) is 13.8 Å². The number of nitrogens with one attached hydrogen (secondary N) is 1. The van der Waals surface area contributed by atoms with Crippen molar-refractivity contribution < 1.29 is 14.1 Å². The van der Waals surface area contributed by atoms with Crippen LogP contribution in [0.3, 0.4) is 0 Å². The number of carbonyl (C=O) groups is 2. The zero-order valence-corrected chi connectivity index (χ0v) is 17.6. The number of hydrogen-bond acceptors (Lipinski definition) is 5. The van der Waals surface area contributed by atoms with Gasteiger partial charge in [-0.2, -0.15) is 0 Å². The first-order valence-corrected chi connectivity index (χ1v) is 10.1. The molecule has 1 saturated heterocycles. The molecule has 156 valence electrons. The number of rotatable bonds is 4. The number of aromatic nitrogens is 1. The van der Waals surface area contributed by atoms with E-state index in [4.69, 9.17) is 4.52 Å². The molecule has 1 fully saturated rings. The summed E-state index contributed by atoms with van der Waals surface area (Å²) in [5.74, 6) is -0.149. The predicted octanol–water partition coefficient (Wildman–Crippen LogP) is 3.01. The van der Waals surface area contributed by atoms with Crippen LogP contribution < -0.4 is 5.32 Å². The zero-order valence-electron chi connectivity index (χ0n) is 17.6. The van der Waals surface area contributed by atoms with Crippen LogP contribution in [0.4, 0.5) is 5.69 Å². The second kappa shape index (κ2) is 8.28. The summed E-state index contributed by atoms with van der Waals surface area (Å²) in [6.45, 7) is 7.23. The minimum absolute atomic E-state index is 0.0285. The van der Waals surface area contributed by atoms with Gasteiger partial charge in [0.05, 0.1) is 6.42 Å². The highest BCUT2D eigenvalue weighted by molar-refractivity contribution is 5.97. The maximum absolute atomic E-state index is 12.6. The molecule has 1 aliphatic rings. The highest BCUT2D eigenvalue weighted by Crippen LogP contribution is 2.24. The number of amides is 2. The summed E-state index contributed by atoms with van der Waals surface area (Å²) >= 11 is 0. The summed E-state index contributed by atoms with van der Waals surface area (Å²) in [5.41, 5.74) is 4.74. The van der Waals surface area contributed by atoms with E-state index in [1.807, 2.05) is 24.8 Å². The van der Waals surface area contributed by atoms with Crippen LogP contribution in [0.1, 0.15) is 27.2 Å². The highest BCUT2D eigenvalue weighted by Gasteiger charge is 2.20. The number of piperazine rings is 1. The third-order valence-electron chi connectivity index (χ3n) is 5.52. The summed E-state index contributed by atoms with van der Waals surface area (Å²) in [6.07, 6.45) is 0.124. The average molecular weight is 406 g/mol. The Kier molecular flexibility index (Phi) is 5.55. The van der Waals surface area contributed by atoms with Crippen molar-refractivity contribution in [1.82, 2.24) is 15.0 Å². The summed E-state index contributed by atoms with van der Waals surface area (Å²) in [6, 6.07) is 11.0. The van der Waals surface area contributed by atoms with Gasteiger partial charge >= 0.3 is 0 Å². The van der Waals surface area contributed by atoms with E-state index in [-0.39, 0.29) is 18.2 Å². The van der Waals surface area contributed by atoms with Crippen molar-refractivity contribution in [1.29, 1.82) is 0 Å². The SMILES string of the molecule is Cc1cc(C)c2c(CC(=O)Nc3ccc(C(=O)N4CCN(C)CC4)cc3)noc2c1. The van der Waals surface area contributed by atoms with E-state index in [0.717, 1.165) is 42.7 Å². The van der Waals surface area contributed by atoms with Crippen LogP contribution in [0.25, 0.3) is 11.0 Å². The molecule has 30 heavy (non-hydrogen) atoms. The fourth-order valence-corrected chi connectivity index (χ4v) is 3.89. The monoisotopic (exact) mass is 406 g/mol. The summed E-state index contributed by atoms with van der Waals surface area (Å²) in [7, 11) is 2.06. The summed E-state index contributed by atoms with van der Waals surface area (Å²) in [4.78, 5) is 29.2. The number of benzene rings is 2. The lowest BCUT2D eigenvalue weighted by molar-refractivity contribution is -0.115. The molecule has 2 heterocycles. The topological polar surface area (TPSA) is 78.7 Å². The van der Waals surface area contributed by atoms with Gasteiger partial charge in [0.25, 0.3) is 5.91 Å². The van der Waals surface area contributed by atoms with Gasteiger partial charge in [-0.25, -0.2) is 0 Å². The zero-order chi connectivity index (χ0) is 21.3. The number of nitrogens with zero attached hydrogens (tertiary/aromatic N) is 3. The smallest absolute Gasteiger partial charge is 0.253 e. The molecule has 7 heteroatoms. The Bertz CT molecular complexity index is 1080. The molecule has 0 atom stereocenters. The molecule has 2 aromatic carbocycles. The van der Waals surface area contributed by atoms with Gasteiger partial charge in [-0.1, -0.05) is 11.2 Å². The van der Waals surface area contributed by atoms with E-state index in [2.05, 4.69) is 28.5 Å². The lowest BCUT2D eigenvalue weighted by Gasteiger charge is -2.32.